The van der Waals surface area contributed by atoms with E-state index in [2.05, 4.69) is 0 Å². The van der Waals surface area contributed by atoms with Crippen LogP contribution in [0.15, 0.2) is 0 Å². The van der Waals surface area contributed by atoms with Crippen molar-refractivity contribution < 1.29 is 9.90 Å². The molecule has 2 aliphatic carbocycles. The van der Waals surface area contributed by atoms with Crippen molar-refractivity contribution in [3.05, 3.63) is 0 Å². The molecule has 0 radical (unpaired) electrons. The summed E-state index contributed by atoms with van der Waals surface area (Å²) in [7, 11) is 0. The molecule has 13 heavy (non-hydrogen) atoms. The van der Waals surface area contributed by atoms with Crippen LogP contribution in [-0.4, -0.2) is 17.0 Å². The fourth-order valence-corrected chi connectivity index (χ4v) is 2.90. The van der Waals surface area contributed by atoms with Gasteiger partial charge >= 0.3 is 0 Å². The van der Waals surface area contributed by atoms with Gasteiger partial charge in [0.25, 0.3) is 0 Å². The first-order valence-electron chi connectivity index (χ1n) is 5.50. The van der Waals surface area contributed by atoms with Crippen LogP contribution in [-0.2, 0) is 4.79 Å². The Bertz CT molecular complexity index is 200. The van der Waals surface area contributed by atoms with Gasteiger partial charge < -0.3 is 5.11 Å². The molecule has 0 spiro atoms. The third-order valence-electron chi connectivity index (χ3n) is 3.65. The number of Topliss-reactive ketones (excluding diaryl/α,β-unsaturated/α-hetero) is 1. The van der Waals surface area contributed by atoms with Crippen molar-refractivity contribution in [2.45, 2.75) is 51.0 Å². The molecule has 2 nitrogen and oxygen atoms in total. The van der Waals surface area contributed by atoms with E-state index < -0.39 is 0 Å². The van der Waals surface area contributed by atoms with Crippen LogP contribution in [0.3, 0.4) is 0 Å². The van der Waals surface area contributed by atoms with Crippen LogP contribution in [0, 0.1) is 11.8 Å². The van der Waals surface area contributed by atoms with Crippen molar-refractivity contribution in [2.24, 2.45) is 11.8 Å². The zero-order valence-electron chi connectivity index (χ0n) is 8.04. The Morgan fingerprint density at radius 3 is 2.46 bits per heavy atom. The van der Waals surface area contributed by atoms with Crippen LogP contribution in [0.2, 0.25) is 0 Å². The standard InChI is InChI=1S/C11H18O2/c12-10-6-2-1-4-8(10)9-5-3-7-11(9)13/h8-10,12H,1-7H2. The summed E-state index contributed by atoms with van der Waals surface area (Å²) in [6, 6.07) is 0. The average Bonchev–Trinajstić information content (AvgIpc) is 2.52. The molecule has 0 aromatic heterocycles. The van der Waals surface area contributed by atoms with Gasteiger partial charge in [0.05, 0.1) is 6.10 Å². The molecule has 2 aliphatic rings. The molecule has 3 unspecified atom stereocenters. The van der Waals surface area contributed by atoms with E-state index in [9.17, 15) is 9.90 Å². The molecule has 74 valence electrons. The lowest BCUT2D eigenvalue weighted by Gasteiger charge is -2.31. The van der Waals surface area contributed by atoms with Crippen molar-refractivity contribution in [1.82, 2.24) is 0 Å². The maximum atomic E-state index is 11.5. The molecular formula is C11H18O2. The quantitative estimate of drug-likeness (QED) is 0.672. The predicted molar refractivity (Wildman–Crippen MR) is 50.3 cm³/mol. The fourth-order valence-electron chi connectivity index (χ4n) is 2.90. The Morgan fingerprint density at radius 2 is 1.85 bits per heavy atom. The lowest BCUT2D eigenvalue weighted by molar-refractivity contribution is -0.124. The molecular weight excluding hydrogens is 164 g/mol. The fraction of sp³-hybridized carbons (Fsp3) is 0.909. The Hall–Kier alpha value is -0.370. The van der Waals surface area contributed by atoms with Crippen molar-refractivity contribution in [3.8, 4) is 0 Å². The van der Waals surface area contributed by atoms with Gasteiger partial charge in [0.1, 0.15) is 5.78 Å². The average molecular weight is 182 g/mol. The molecule has 0 heterocycles. The summed E-state index contributed by atoms with van der Waals surface area (Å²) in [6.07, 6.45) is 6.96. The van der Waals surface area contributed by atoms with E-state index in [0.717, 1.165) is 38.5 Å². The first-order valence-corrected chi connectivity index (χ1v) is 5.50. The predicted octanol–water partition coefficient (Wildman–Crippen LogP) is 1.91. The van der Waals surface area contributed by atoms with Gasteiger partial charge in [-0.15, -0.1) is 0 Å². The third kappa shape index (κ3) is 1.78. The minimum absolute atomic E-state index is 0.194. The number of ketones is 1. The van der Waals surface area contributed by atoms with Gasteiger partial charge in [-0.05, 0) is 31.6 Å². The molecule has 0 amide bonds. The first kappa shape index (κ1) is 9.20. The molecule has 2 heteroatoms. The zero-order valence-corrected chi connectivity index (χ0v) is 8.04. The molecule has 0 aromatic carbocycles. The van der Waals surface area contributed by atoms with E-state index in [1.165, 1.54) is 6.42 Å². The lowest BCUT2D eigenvalue weighted by Crippen LogP contribution is -2.32. The van der Waals surface area contributed by atoms with Gasteiger partial charge in [0, 0.05) is 12.3 Å². The maximum absolute atomic E-state index is 11.5. The molecule has 0 aliphatic heterocycles. The van der Waals surface area contributed by atoms with Gasteiger partial charge in [-0.3, -0.25) is 4.79 Å². The number of carbonyl (C=O) groups excluding carboxylic acids is 1. The minimum atomic E-state index is -0.194. The van der Waals surface area contributed by atoms with Crippen LogP contribution in [0.25, 0.3) is 0 Å². The third-order valence-corrected chi connectivity index (χ3v) is 3.65. The SMILES string of the molecule is O=C1CCCC1C1CCCCC1O. The molecule has 2 rings (SSSR count). The highest BCUT2D eigenvalue weighted by atomic mass is 16.3. The number of hydrogen-bond acceptors (Lipinski definition) is 2. The van der Waals surface area contributed by atoms with E-state index >= 15 is 0 Å². The summed E-state index contributed by atoms with van der Waals surface area (Å²) < 4.78 is 0. The van der Waals surface area contributed by atoms with Crippen LogP contribution in [0.4, 0.5) is 0 Å². The normalized spacial score (nSPS) is 41.0. The van der Waals surface area contributed by atoms with E-state index in [-0.39, 0.29) is 12.0 Å². The highest BCUT2D eigenvalue weighted by molar-refractivity contribution is 5.83. The maximum Gasteiger partial charge on any atom is 0.136 e. The second-order valence-electron chi connectivity index (χ2n) is 4.48. The van der Waals surface area contributed by atoms with Crippen molar-refractivity contribution in [2.75, 3.05) is 0 Å². The highest BCUT2D eigenvalue weighted by Crippen LogP contribution is 2.37. The molecule has 1 N–H and O–H groups in total. The Morgan fingerprint density at radius 1 is 1.08 bits per heavy atom. The smallest absolute Gasteiger partial charge is 0.136 e. The summed E-state index contributed by atoms with van der Waals surface area (Å²) in [6.45, 7) is 0. The number of hydrogen-bond donors (Lipinski definition) is 1. The summed E-state index contributed by atoms with van der Waals surface area (Å²) in [5.74, 6) is 0.907. The van der Waals surface area contributed by atoms with Crippen molar-refractivity contribution in [3.63, 3.8) is 0 Å². The van der Waals surface area contributed by atoms with Crippen LogP contribution < -0.4 is 0 Å². The second kappa shape index (κ2) is 3.79. The number of aliphatic hydroxyl groups is 1. The molecule has 0 bridgehead atoms. The largest absolute Gasteiger partial charge is 0.393 e. The zero-order chi connectivity index (χ0) is 9.26. The second-order valence-corrected chi connectivity index (χ2v) is 4.48. The molecule has 2 fully saturated rings. The molecule has 0 aromatic rings. The Labute approximate surface area is 79.3 Å². The van der Waals surface area contributed by atoms with Crippen LogP contribution in [0.5, 0.6) is 0 Å². The van der Waals surface area contributed by atoms with Gasteiger partial charge in [-0.2, -0.15) is 0 Å². The minimum Gasteiger partial charge on any atom is -0.393 e. The van der Waals surface area contributed by atoms with E-state index in [1.54, 1.807) is 0 Å². The van der Waals surface area contributed by atoms with E-state index in [1.807, 2.05) is 0 Å². The molecule has 3 atom stereocenters. The summed E-state index contributed by atoms with van der Waals surface area (Å²) in [4.78, 5) is 11.5. The van der Waals surface area contributed by atoms with Crippen LogP contribution in [0.1, 0.15) is 44.9 Å². The number of carbonyl (C=O) groups is 1. The summed E-state index contributed by atoms with van der Waals surface area (Å²) in [5, 5.41) is 9.79. The monoisotopic (exact) mass is 182 g/mol. The molecule has 0 saturated heterocycles. The van der Waals surface area contributed by atoms with Crippen LogP contribution >= 0.6 is 0 Å². The van der Waals surface area contributed by atoms with Gasteiger partial charge in [-0.1, -0.05) is 12.8 Å². The summed E-state index contributed by atoms with van der Waals surface area (Å²) in [5.41, 5.74) is 0. The van der Waals surface area contributed by atoms with E-state index in [0.29, 0.717) is 11.7 Å². The number of aliphatic hydroxyl groups excluding tert-OH is 1. The summed E-state index contributed by atoms with van der Waals surface area (Å²) >= 11 is 0. The first-order chi connectivity index (χ1) is 6.29. The molecule has 2 saturated carbocycles. The topological polar surface area (TPSA) is 37.3 Å². The van der Waals surface area contributed by atoms with Crippen molar-refractivity contribution in [1.29, 1.82) is 0 Å². The van der Waals surface area contributed by atoms with Gasteiger partial charge in [0.2, 0.25) is 0 Å². The van der Waals surface area contributed by atoms with E-state index in [4.69, 9.17) is 0 Å². The Balaban J connectivity index is 2.01. The Kier molecular flexibility index (Phi) is 2.68. The van der Waals surface area contributed by atoms with Gasteiger partial charge in [-0.25, -0.2) is 0 Å². The number of rotatable bonds is 1. The van der Waals surface area contributed by atoms with Gasteiger partial charge in [0.15, 0.2) is 0 Å². The highest BCUT2D eigenvalue weighted by Gasteiger charge is 2.36. The van der Waals surface area contributed by atoms with Crippen molar-refractivity contribution >= 4 is 5.78 Å². The lowest BCUT2D eigenvalue weighted by atomic mass is 9.77.